The van der Waals surface area contributed by atoms with Crippen molar-refractivity contribution in [3.05, 3.63) is 0 Å². The molecule has 3 fully saturated rings. The second kappa shape index (κ2) is 11.9. The normalized spacial score (nSPS) is 23.6. The van der Waals surface area contributed by atoms with Crippen LogP contribution in [0.15, 0.2) is 0 Å². The van der Waals surface area contributed by atoms with E-state index in [4.69, 9.17) is 0 Å². The SMILES string of the molecule is Cl.Cl.O=C(O)C(NC(=O)N1CCN(C2CCNCC2)CC1)C1CCCCC1. The summed E-state index contributed by atoms with van der Waals surface area (Å²) in [6, 6.07) is -0.321. The maximum atomic E-state index is 12.6. The van der Waals surface area contributed by atoms with Crippen LogP contribution in [0, 0.1) is 5.92 Å². The van der Waals surface area contributed by atoms with Gasteiger partial charge in [0.1, 0.15) is 6.04 Å². The van der Waals surface area contributed by atoms with E-state index in [1.165, 1.54) is 19.3 Å². The van der Waals surface area contributed by atoms with Crippen LogP contribution in [0.4, 0.5) is 4.79 Å². The summed E-state index contributed by atoms with van der Waals surface area (Å²) in [6.07, 6.45) is 7.47. The maximum absolute atomic E-state index is 12.6. The summed E-state index contributed by atoms with van der Waals surface area (Å²) in [4.78, 5) is 28.5. The third-order valence-corrected chi connectivity index (χ3v) is 6.09. The number of hydrogen-bond donors (Lipinski definition) is 3. The minimum Gasteiger partial charge on any atom is -0.480 e. The number of hydrogen-bond acceptors (Lipinski definition) is 4. The number of amides is 2. The fraction of sp³-hybridized carbons (Fsp3) is 0.889. The van der Waals surface area contributed by atoms with Gasteiger partial charge in [-0.25, -0.2) is 9.59 Å². The fourth-order valence-electron chi connectivity index (χ4n) is 4.54. The average molecular weight is 425 g/mol. The first-order valence-electron chi connectivity index (χ1n) is 9.88. The quantitative estimate of drug-likeness (QED) is 0.641. The Morgan fingerprint density at radius 1 is 0.926 bits per heavy atom. The monoisotopic (exact) mass is 424 g/mol. The molecule has 0 radical (unpaired) electrons. The number of nitrogens with zero attached hydrogens (tertiary/aromatic N) is 2. The molecule has 3 rings (SSSR count). The van der Waals surface area contributed by atoms with Crippen LogP contribution in [-0.4, -0.2) is 78.3 Å². The Kier molecular flexibility index (Phi) is 10.7. The van der Waals surface area contributed by atoms with Gasteiger partial charge in [-0.05, 0) is 44.7 Å². The minimum atomic E-state index is -0.895. The molecule has 0 bridgehead atoms. The van der Waals surface area contributed by atoms with Gasteiger partial charge in [0, 0.05) is 32.2 Å². The Labute approximate surface area is 174 Å². The highest BCUT2D eigenvalue weighted by Crippen LogP contribution is 2.27. The number of piperidine rings is 1. The van der Waals surface area contributed by atoms with Gasteiger partial charge in [-0.2, -0.15) is 0 Å². The Morgan fingerprint density at radius 2 is 1.52 bits per heavy atom. The molecule has 1 unspecified atom stereocenters. The summed E-state index contributed by atoms with van der Waals surface area (Å²) in [5.74, 6) is -0.820. The van der Waals surface area contributed by atoms with Crippen LogP contribution in [0.2, 0.25) is 0 Å². The molecule has 0 aromatic carbocycles. The summed E-state index contributed by atoms with van der Waals surface area (Å²) in [7, 11) is 0. The zero-order valence-electron chi connectivity index (χ0n) is 15.9. The standard InChI is InChI=1S/C18H32N4O3.2ClH/c23-17(24)16(14-4-2-1-3-5-14)20-18(25)22-12-10-21(11-13-22)15-6-8-19-9-7-15;;/h14-16,19H,1-13H2,(H,20,25)(H,23,24);2*1H. The zero-order chi connectivity index (χ0) is 17.6. The molecule has 1 atom stereocenters. The highest BCUT2D eigenvalue weighted by atomic mass is 35.5. The van der Waals surface area contributed by atoms with Crippen molar-refractivity contribution in [1.29, 1.82) is 0 Å². The maximum Gasteiger partial charge on any atom is 0.326 e. The Hall–Kier alpha value is -0.760. The lowest BCUT2D eigenvalue weighted by molar-refractivity contribution is -0.141. The molecule has 0 spiro atoms. The van der Waals surface area contributed by atoms with E-state index in [2.05, 4.69) is 15.5 Å². The van der Waals surface area contributed by atoms with Crippen LogP contribution in [0.25, 0.3) is 0 Å². The largest absolute Gasteiger partial charge is 0.480 e. The molecular formula is C18H34Cl2N4O3. The molecular weight excluding hydrogens is 391 g/mol. The first kappa shape index (κ1) is 24.3. The Balaban J connectivity index is 0.00000182. The lowest BCUT2D eigenvalue weighted by atomic mass is 9.84. The highest BCUT2D eigenvalue weighted by molar-refractivity contribution is 5.85. The van der Waals surface area contributed by atoms with Gasteiger partial charge in [-0.1, -0.05) is 19.3 Å². The van der Waals surface area contributed by atoms with E-state index < -0.39 is 12.0 Å². The molecule has 158 valence electrons. The van der Waals surface area contributed by atoms with Crippen molar-refractivity contribution in [2.45, 2.75) is 57.0 Å². The molecule has 3 aliphatic rings. The van der Waals surface area contributed by atoms with Gasteiger partial charge >= 0.3 is 12.0 Å². The van der Waals surface area contributed by atoms with Gasteiger partial charge in [0.2, 0.25) is 0 Å². The summed E-state index contributed by atoms with van der Waals surface area (Å²) in [5.41, 5.74) is 0. The number of nitrogens with one attached hydrogen (secondary N) is 2. The van der Waals surface area contributed by atoms with Gasteiger partial charge in [0.25, 0.3) is 0 Å². The third-order valence-electron chi connectivity index (χ3n) is 6.09. The molecule has 1 saturated carbocycles. The number of carboxylic acid groups (broad SMARTS) is 1. The fourth-order valence-corrected chi connectivity index (χ4v) is 4.54. The zero-order valence-corrected chi connectivity index (χ0v) is 17.5. The first-order valence-corrected chi connectivity index (χ1v) is 9.88. The highest BCUT2D eigenvalue weighted by Gasteiger charge is 2.33. The molecule has 2 amide bonds. The molecule has 2 heterocycles. The molecule has 0 aromatic heterocycles. The van der Waals surface area contributed by atoms with E-state index >= 15 is 0 Å². The second-order valence-corrected chi connectivity index (χ2v) is 7.67. The van der Waals surface area contributed by atoms with Crippen molar-refractivity contribution in [3.63, 3.8) is 0 Å². The molecule has 3 N–H and O–H groups in total. The van der Waals surface area contributed by atoms with Crippen molar-refractivity contribution in [1.82, 2.24) is 20.4 Å². The first-order chi connectivity index (χ1) is 12.1. The Morgan fingerprint density at radius 3 is 2.07 bits per heavy atom. The summed E-state index contributed by atoms with van der Waals surface area (Å²) >= 11 is 0. The number of halogens is 2. The van der Waals surface area contributed by atoms with Gasteiger partial charge in [0.05, 0.1) is 0 Å². The number of aliphatic carboxylic acids is 1. The van der Waals surface area contributed by atoms with E-state index in [1.807, 2.05) is 0 Å². The van der Waals surface area contributed by atoms with Gasteiger partial charge in [0.15, 0.2) is 0 Å². The third kappa shape index (κ3) is 6.66. The van der Waals surface area contributed by atoms with E-state index in [0.29, 0.717) is 19.1 Å². The molecule has 9 heteroatoms. The van der Waals surface area contributed by atoms with Crippen LogP contribution >= 0.6 is 24.8 Å². The van der Waals surface area contributed by atoms with Crippen LogP contribution in [-0.2, 0) is 4.79 Å². The summed E-state index contributed by atoms with van der Waals surface area (Å²) in [6.45, 7) is 5.30. The predicted molar refractivity (Wildman–Crippen MR) is 110 cm³/mol. The van der Waals surface area contributed by atoms with E-state index in [-0.39, 0.29) is 36.8 Å². The van der Waals surface area contributed by atoms with E-state index in [0.717, 1.165) is 51.9 Å². The van der Waals surface area contributed by atoms with Crippen LogP contribution in [0.3, 0.4) is 0 Å². The predicted octanol–water partition coefficient (Wildman–Crippen LogP) is 1.94. The molecule has 2 aliphatic heterocycles. The van der Waals surface area contributed by atoms with Gasteiger partial charge in [-0.15, -0.1) is 24.8 Å². The van der Waals surface area contributed by atoms with Gasteiger partial charge < -0.3 is 20.6 Å². The number of piperazine rings is 1. The average Bonchev–Trinajstić information content (AvgIpc) is 2.67. The van der Waals surface area contributed by atoms with Gasteiger partial charge in [-0.3, -0.25) is 4.90 Å². The van der Waals surface area contributed by atoms with E-state index in [1.54, 1.807) is 4.90 Å². The number of rotatable bonds is 4. The number of carbonyl (C=O) groups is 2. The number of carboxylic acids is 1. The summed E-state index contributed by atoms with van der Waals surface area (Å²) < 4.78 is 0. The Bertz CT molecular complexity index is 464. The smallest absolute Gasteiger partial charge is 0.326 e. The van der Waals surface area contributed by atoms with Crippen LogP contribution < -0.4 is 10.6 Å². The molecule has 1 aliphatic carbocycles. The minimum absolute atomic E-state index is 0. The lowest BCUT2D eigenvalue weighted by Gasteiger charge is -2.41. The van der Waals surface area contributed by atoms with Crippen molar-refractivity contribution in [2.75, 3.05) is 39.3 Å². The molecule has 7 nitrogen and oxygen atoms in total. The molecule has 27 heavy (non-hydrogen) atoms. The summed E-state index contributed by atoms with van der Waals surface area (Å²) in [5, 5.41) is 15.7. The molecule has 2 saturated heterocycles. The van der Waals surface area contributed by atoms with Crippen LogP contribution in [0.1, 0.15) is 44.9 Å². The van der Waals surface area contributed by atoms with Crippen molar-refractivity contribution in [3.8, 4) is 0 Å². The molecule has 0 aromatic rings. The van der Waals surface area contributed by atoms with Crippen molar-refractivity contribution < 1.29 is 14.7 Å². The van der Waals surface area contributed by atoms with Crippen molar-refractivity contribution in [2.24, 2.45) is 5.92 Å². The number of urea groups is 1. The van der Waals surface area contributed by atoms with Crippen molar-refractivity contribution >= 4 is 36.8 Å². The second-order valence-electron chi connectivity index (χ2n) is 7.67. The van der Waals surface area contributed by atoms with Crippen LogP contribution in [0.5, 0.6) is 0 Å². The number of carbonyl (C=O) groups excluding carboxylic acids is 1. The van der Waals surface area contributed by atoms with E-state index in [9.17, 15) is 14.7 Å². The lowest BCUT2D eigenvalue weighted by Crippen LogP contribution is -2.58. The topological polar surface area (TPSA) is 84.9 Å².